The number of hydrogen-bond donors (Lipinski definition) is 3. The van der Waals surface area contributed by atoms with Gasteiger partial charge in [-0.2, -0.15) is 0 Å². The number of benzene rings is 1. The lowest BCUT2D eigenvalue weighted by Gasteiger charge is -2.36. The van der Waals surface area contributed by atoms with Crippen molar-refractivity contribution in [2.24, 2.45) is 5.92 Å². The number of carboxylic acid groups (broad SMARTS) is 1. The monoisotopic (exact) mass is 382 g/mol. The maximum atomic E-state index is 12.5. The molecule has 144 valence electrons. The van der Waals surface area contributed by atoms with Gasteiger partial charge in [-0.1, -0.05) is 19.1 Å². The Bertz CT molecular complexity index is 750. The molecule has 8 heteroatoms. The zero-order chi connectivity index (χ0) is 19.4. The molecule has 7 nitrogen and oxygen atoms in total. The van der Waals surface area contributed by atoms with Gasteiger partial charge in [0.25, 0.3) is 5.91 Å². The first-order chi connectivity index (χ1) is 12.2. The summed E-state index contributed by atoms with van der Waals surface area (Å²) in [6.07, 6.45) is 2.38. The Hall–Kier alpha value is -1.93. The fourth-order valence-corrected chi connectivity index (χ4v) is 3.60. The van der Waals surface area contributed by atoms with Gasteiger partial charge in [0.1, 0.15) is 5.54 Å². The molecule has 0 unspecified atom stereocenters. The molecule has 0 bridgehead atoms. The number of aliphatic carboxylic acids is 1. The van der Waals surface area contributed by atoms with Crippen molar-refractivity contribution in [2.75, 3.05) is 5.75 Å². The molecule has 1 aliphatic rings. The molecule has 1 amide bonds. The molecule has 0 radical (unpaired) electrons. The van der Waals surface area contributed by atoms with Crippen LogP contribution in [0.1, 0.15) is 55.5 Å². The zero-order valence-corrected chi connectivity index (χ0v) is 15.9. The zero-order valence-electron chi connectivity index (χ0n) is 15.1. The Labute approximate surface area is 154 Å². The van der Waals surface area contributed by atoms with Gasteiger partial charge in [0.15, 0.2) is 0 Å². The number of carboxylic acids is 1. The van der Waals surface area contributed by atoms with E-state index in [4.69, 9.17) is 0 Å². The SMILES string of the molecule is CCS(=O)(=O)NCc1ccc(C(=O)NC2(C(=O)O)CCC(C)CC2)cc1. The summed E-state index contributed by atoms with van der Waals surface area (Å²) in [5.41, 5.74) is -0.136. The average molecular weight is 382 g/mol. The quantitative estimate of drug-likeness (QED) is 0.667. The minimum absolute atomic E-state index is 0.00335. The topological polar surface area (TPSA) is 113 Å². The van der Waals surface area contributed by atoms with Crippen molar-refractivity contribution in [1.29, 1.82) is 0 Å². The summed E-state index contributed by atoms with van der Waals surface area (Å²) < 4.78 is 25.4. The summed E-state index contributed by atoms with van der Waals surface area (Å²) in [6.45, 7) is 3.79. The van der Waals surface area contributed by atoms with Crippen LogP contribution in [0.4, 0.5) is 0 Å². The van der Waals surface area contributed by atoms with Crippen molar-refractivity contribution >= 4 is 21.9 Å². The molecule has 26 heavy (non-hydrogen) atoms. The van der Waals surface area contributed by atoms with Gasteiger partial charge in [0, 0.05) is 12.1 Å². The summed E-state index contributed by atoms with van der Waals surface area (Å²) in [5, 5.41) is 12.3. The number of rotatable bonds is 7. The summed E-state index contributed by atoms with van der Waals surface area (Å²) in [7, 11) is -3.28. The Morgan fingerprint density at radius 3 is 2.27 bits per heavy atom. The van der Waals surface area contributed by atoms with Gasteiger partial charge in [0.05, 0.1) is 5.75 Å². The van der Waals surface area contributed by atoms with Gasteiger partial charge in [-0.05, 0) is 56.2 Å². The largest absolute Gasteiger partial charge is 0.480 e. The first-order valence-electron chi connectivity index (χ1n) is 8.79. The number of sulfonamides is 1. The third-order valence-electron chi connectivity index (χ3n) is 4.98. The number of hydrogen-bond acceptors (Lipinski definition) is 4. The minimum Gasteiger partial charge on any atom is -0.480 e. The molecule has 1 aliphatic carbocycles. The summed E-state index contributed by atoms with van der Waals surface area (Å²) >= 11 is 0. The van der Waals surface area contributed by atoms with Crippen LogP contribution in [-0.2, 0) is 21.4 Å². The predicted molar refractivity (Wildman–Crippen MR) is 98.2 cm³/mol. The van der Waals surface area contributed by atoms with Crippen LogP contribution >= 0.6 is 0 Å². The van der Waals surface area contributed by atoms with E-state index < -0.39 is 27.4 Å². The number of amides is 1. The molecule has 0 spiro atoms. The van der Waals surface area contributed by atoms with E-state index in [9.17, 15) is 23.1 Å². The van der Waals surface area contributed by atoms with Crippen LogP contribution < -0.4 is 10.0 Å². The van der Waals surface area contributed by atoms with E-state index in [1.165, 1.54) is 0 Å². The Morgan fingerprint density at radius 1 is 1.19 bits per heavy atom. The second-order valence-electron chi connectivity index (χ2n) is 6.95. The van der Waals surface area contributed by atoms with E-state index in [1.54, 1.807) is 31.2 Å². The normalized spacial score (nSPS) is 23.4. The van der Waals surface area contributed by atoms with Crippen LogP contribution in [0.5, 0.6) is 0 Å². The molecular formula is C18H26N2O5S. The van der Waals surface area contributed by atoms with E-state index >= 15 is 0 Å². The molecule has 0 aromatic heterocycles. The molecule has 0 saturated heterocycles. The van der Waals surface area contributed by atoms with Crippen LogP contribution in [0, 0.1) is 5.92 Å². The van der Waals surface area contributed by atoms with Crippen molar-refractivity contribution in [3.05, 3.63) is 35.4 Å². The van der Waals surface area contributed by atoms with E-state index in [0.29, 0.717) is 24.3 Å². The molecule has 2 rings (SSSR count). The van der Waals surface area contributed by atoms with Gasteiger partial charge in [-0.15, -0.1) is 0 Å². The van der Waals surface area contributed by atoms with Crippen LogP contribution in [0.2, 0.25) is 0 Å². The van der Waals surface area contributed by atoms with E-state index in [1.807, 2.05) is 0 Å². The lowest BCUT2D eigenvalue weighted by atomic mass is 9.77. The van der Waals surface area contributed by atoms with Gasteiger partial charge < -0.3 is 10.4 Å². The van der Waals surface area contributed by atoms with Crippen LogP contribution in [0.25, 0.3) is 0 Å². The average Bonchev–Trinajstić information content (AvgIpc) is 2.62. The smallest absolute Gasteiger partial charge is 0.329 e. The number of carbonyl (C=O) groups excluding carboxylic acids is 1. The predicted octanol–water partition coefficient (Wildman–Crippen LogP) is 1.89. The molecule has 3 N–H and O–H groups in total. The summed E-state index contributed by atoms with van der Waals surface area (Å²) in [6, 6.07) is 6.46. The molecule has 1 aromatic carbocycles. The highest BCUT2D eigenvalue weighted by Crippen LogP contribution is 2.32. The first-order valence-corrected chi connectivity index (χ1v) is 10.4. The molecule has 0 aliphatic heterocycles. The fourth-order valence-electron chi connectivity index (χ4n) is 3.01. The molecule has 1 fully saturated rings. The third kappa shape index (κ3) is 5.04. The highest BCUT2D eigenvalue weighted by atomic mass is 32.2. The third-order valence-corrected chi connectivity index (χ3v) is 6.33. The summed E-state index contributed by atoms with van der Waals surface area (Å²) in [4.78, 5) is 24.2. The minimum atomic E-state index is -3.28. The molecular weight excluding hydrogens is 356 g/mol. The molecule has 0 atom stereocenters. The maximum Gasteiger partial charge on any atom is 0.329 e. The lowest BCUT2D eigenvalue weighted by molar-refractivity contribution is -0.146. The molecule has 1 aromatic rings. The standard InChI is InChI=1S/C18H26N2O5S/c1-3-26(24,25)19-12-14-4-6-15(7-5-14)16(21)20-18(17(22)23)10-8-13(2)9-11-18/h4-7,13,19H,3,8-12H2,1-2H3,(H,20,21)(H,22,23). The van der Waals surface area contributed by atoms with Crippen LogP contribution in [-0.4, -0.2) is 36.7 Å². The Balaban J connectivity index is 2.04. The maximum absolute atomic E-state index is 12.5. The van der Waals surface area contributed by atoms with Gasteiger partial charge >= 0.3 is 5.97 Å². The van der Waals surface area contributed by atoms with E-state index in [2.05, 4.69) is 17.0 Å². The number of nitrogens with one attached hydrogen (secondary N) is 2. The highest BCUT2D eigenvalue weighted by Gasteiger charge is 2.42. The summed E-state index contributed by atoms with van der Waals surface area (Å²) in [5.74, 6) is -0.958. The van der Waals surface area contributed by atoms with Gasteiger partial charge in [-0.25, -0.2) is 17.9 Å². The van der Waals surface area contributed by atoms with Crippen molar-refractivity contribution < 1.29 is 23.1 Å². The van der Waals surface area contributed by atoms with Crippen molar-refractivity contribution in [3.63, 3.8) is 0 Å². The van der Waals surface area contributed by atoms with Crippen molar-refractivity contribution in [1.82, 2.24) is 10.0 Å². The highest BCUT2D eigenvalue weighted by molar-refractivity contribution is 7.89. The molecule has 0 heterocycles. The van der Waals surface area contributed by atoms with Crippen LogP contribution in [0.15, 0.2) is 24.3 Å². The second-order valence-corrected chi connectivity index (χ2v) is 9.04. The van der Waals surface area contributed by atoms with E-state index in [-0.39, 0.29) is 12.3 Å². The second kappa shape index (κ2) is 8.18. The van der Waals surface area contributed by atoms with Gasteiger partial charge in [0.2, 0.25) is 10.0 Å². The fraction of sp³-hybridized carbons (Fsp3) is 0.556. The van der Waals surface area contributed by atoms with Crippen molar-refractivity contribution in [2.45, 2.75) is 51.6 Å². The first kappa shape index (κ1) is 20.4. The van der Waals surface area contributed by atoms with Crippen molar-refractivity contribution in [3.8, 4) is 0 Å². The van der Waals surface area contributed by atoms with Crippen LogP contribution in [0.3, 0.4) is 0 Å². The number of carbonyl (C=O) groups is 2. The Kier molecular flexibility index (Phi) is 6.41. The van der Waals surface area contributed by atoms with Gasteiger partial charge in [-0.3, -0.25) is 4.79 Å². The Morgan fingerprint density at radius 2 is 1.77 bits per heavy atom. The van der Waals surface area contributed by atoms with E-state index in [0.717, 1.165) is 18.4 Å². The lowest BCUT2D eigenvalue weighted by Crippen LogP contribution is -2.56. The molecule has 1 saturated carbocycles.